The van der Waals surface area contributed by atoms with Gasteiger partial charge in [0.05, 0.1) is 0 Å². The molecule has 4 rings (SSSR count). The minimum atomic E-state index is -0.127. The molecule has 31 heavy (non-hydrogen) atoms. The van der Waals surface area contributed by atoms with Crippen LogP contribution in [0.1, 0.15) is 47.6 Å². The molecule has 4 heteroatoms. The Bertz CT molecular complexity index is 903. The third-order valence-corrected chi connectivity index (χ3v) is 7.57. The van der Waals surface area contributed by atoms with Crippen LogP contribution in [0.25, 0.3) is 0 Å². The fourth-order valence-corrected chi connectivity index (χ4v) is 5.03. The summed E-state index contributed by atoms with van der Waals surface area (Å²) in [6, 6.07) is 10.8. The summed E-state index contributed by atoms with van der Waals surface area (Å²) in [5.74, 6) is 1.46. The van der Waals surface area contributed by atoms with Gasteiger partial charge >= 0.3 is 0 Å². The monoisotopic (exact) mass is 422 g/mol. The second-order valence-corrected chi connectivity index (χ2v) is 9.75. The number of rotatable bonds is 6. The number of nitrogens with zero attached hydrogens (tertiary/aromatic N) is 2. The van der Waals surface area contributed by atoms with E-state index in [-0.39, 0.29) is 5.60 Å². The Kier molecular flexibility index (Phi) is 6.59. The largest absolute Gasteiger partial charge is 0.507 e. The predicted molar refractivity (Wildman–Crippen MR) is 127 cm³/mol. The van der Waals surface area contributed by atoms with Crippen LogP contribution in [0.3, 0.4) is 0 Å². The van der Waals surface area contributed by atoms with Crippen molar-refractivity contribution < 1.29 is 9.84 Å². The number of piperazine rings is 1. The second kappa shape index (κ2) is 9.22. The lowest BCUT2D eigenvalue weighted by Crippen LogP contribution is -2.49. The highest BCUT2D eigenvalue weighted by atomic mass is 16.5. The summed E-state index contributed by atoms with van der Waals surface area (Å²) in [5.41, 5.74) is 5.54. The van der Waals surface area contributed by atoms with Gasteiger partial charge in [-0.2, -0.15) is 0 Å². The first kappa shape index (κ1) is 22.2. The molecule has 2 aliphatic heterocycles. The van der Waals surface area contributed by atoms with E-state index in [0.717, 1.165) is 87.4 Å². The number of fused-ring (bicyclic) bond motifs is 1. The van der Waals surface area contributed by atoms with E-state index in [0.29, 0.717) is 5.75 Å². The van der Waals surface area contributed by atoms with Gasteiger partial charge in [-0.25, -0.2) is 0 Å². The number of ether oxygens (including phenoxy) is 1. The van der Waals surface area contributed by atoms with Crippen molar-refractivity contribution in [1.29, 1.82) is 0 Å². The fourth-order valence-electron chi connectivity index (χ4n) is 5.03. The minimum Gasteiger partial charge on any atom is -0.507 e. The van der Waals surface area contributed by atoms with Gasteiger partial charge < -0.3 is 19.6 Å². The van der Waals surface area contributed by atoms with Crippen molar-refractivity contribution >= 4 is 0 Å². The predicted octanol–water partition coefficient (Wildman–Crippen LogP) is 4.65. The van der Waals surface area contributed by atoms with Crippen LogP contribution in [0, 0.1) is 20.8 Å². The molecule has 0 saturated carbocycles. The lowest BCUT2D eigenvalue weighted by Gasteiger charge is -2.40. The third kappa shape index (κ3) is 4.91. The maximum atomic E-state index is 10.4. The van der Waals surface area contributed by atoms with E-state index in [1.54, 1.807) is 0 Å². The molecule has 1 atom stereocenters. The van der Waals surface area contributed by atoms with Crippen LogP contribution in [0.5, 0.6) is 11.5 Å². The summed E-state index contributed by atoms with van der Waals surface area (Å²) in [5, 5.41) is 10.4. The maximum absolute atomic E-state index is 10.4. The van der Waals surface area contributed by atoms with E-state index in [2.05, 4.69) is 54.0 Å². The van der Waals surface area contributed by atoms with Crippen LogP contribution >= 0.6 is 0 Å². The smallest absolute Gasteiger partial charge is 0.127 e. The van der Waals surface area contributed by atoms with Gasteiger partial charge in [-0.1, -0.05) is 30.3 Å². The summed E-state index contributed by atoms with van der Waals surface area (Å²) < 4.78 is 6.62. The van der Waals surface area contributed by atoms with E-state index >= 15 is 0 Å². The molecule has 0 bridgehead atoms. The topological polar surface area (TPSA) is 35.9 Å². The Balaban J connectivity index is 1.28. The molecule has 2 aliphatic rings. The molecule has 0 amide bonds. The van der Waals surface area contributed by atoms with Gasteiger partial charge in [-0.15, -0.1) is 0 Å². The molecule has 168 valence electrons. The molecule has 0 radical (unpaired) electrons. The first-order valence-electron chi connectivity index (χ1n) is 11.9. The molecule has 1 fully saturated rings. The Morgan fingerprint density at radius 3 is 2.23 bits per heavy atom. The van der Waals surface area contributed by atoms with E-state index < -0.39 is 0 Å². The average molecular weight is 423 g/mol. The summed E-state index contributed by atoms with van der Waals surface area (Å²) in [4.78, 5) is 5.20. The van der Waals surface area contributed by atoms with Gasteiger partial charge in [0.15, 0.2) is 0 Å². The van der Waals surface area contributed by atoms with E-state index in [9.17, 15) is 5.11 Å². The SMILES string of the molecule is Cc1c(C)c2c(c(C)c1O)CCC(C)(CCN1CCN(CCc3ccccc3)CC1)O2. The lowest BCUT2D eigenvalue weighted by atomic mass is 9.85. The summed E-state index contributed by atoms with van der Waals surface area (Å²) in [7, 11) is 0. The van der Waals surface area contributed by atoms with Crippen LogP contribution < -0.4 is 4.74 Å². The maximum Gasteiger partial charge on any atom is 0.127 e. The molecular formula is C27H38N2O2. The number of phenols is 1. The highest BCUT2D eigenvalue weighted by Gasteiger charge is 2.35. The van der Waals surface area contributed by atoms with Gasteiger partial charge in [-0.05, 0) is 75.6 Å². The quantitative estimate of drug-likeness (QED) is 0.735. The molecule has 0 aliphatic carbocycles. The fraction of sp³-hybridized carbons (Fsp3) is 0.556. The van der Waals surface area contributed by atoms with E-state index in [1.165, 1.54) is 11.1 Å². The number of hydrogen-bond donors (Lipinski definition) is 1. The number of phenolic OH excluding ortho intramolecular Hbond substituents is 1. The molecule has 1 saturated heterocycles. The van der Waals surface area contributed by atoms with Crippen molar-refractivity contribution in [2.24, 2.45) is 0 Å². The lowest BCUT2D eigenvalue weighted by molar-refractivity contribution is 0.0358. The zero-order valence-electron chi connectivity index (χ0n) is 19.7. The molecule has 4 nitrogen and oxygen atoms in total. The van der Waals surface area contributed by atoms with Crippen LogP contribution in [-0.2, 0) is 12.8 Å². The average Bonchev–Trinajstić information content (AvgIpc) is 2.80. The van der Waals surface area contributed by atoms with Crippen molar-refractivity contribution in [3.05, 3.63) is 58.1 Å². The first-order chi connectivity index (χ1) is 14.9. The van der Waals surface area contributed by atoms with Gasteiger partial charge in [0.1, 0.15) is 17.1 Å². The minimum absolute atomic E-state index is 0.127. The Labute approximate surface area is 187 Å². The van der Waals surface area contributed by atoms with E-state index in [1.807, 2.05) is 13.8 Å². The van der Waals surface area contributed by atoms with Crippen molar-refractivity contribution in [3.8, 4) is 11.5 Å². The molecule has 2 aromatic carbocycles. The van der Waals surface area contributed by atoms with Crippen molar-refractivity contribution in [2.75, 3.05) is 39.3 Å². The number of hydrogen-bond acceptors (Lipinski definition) is 4. The van der Waals surface area contributed by atoms with Gasteiger partial charge in [0.2, 0.25) is 0 Å². The Morgan fingerprint density at radius 1 is 0.903 bits per heavy atom. The highest BCUT2D eigenvalue weighted by Crippen LogP contribution is 2.44. The zero-order chi connectivity index (χ0) is 22.0. The second-order valence-electron chi connectivity index (χ2n) is 9.75. The first-order valence-corrected chi connectivity index (χ1v) is 11.9. The Hall–Kier alpha value is -2.04. The van der Waals surface area contributed by atoms with Crippen molar-refractivity contribution in [2.45, 2.75) is 59.0 Å². The summed E-state index contributed by atoms with van der Waals surface area (Å²) in [6.45, 7) is 15.2. The molecule has 1 unspecified atom stereocenters. The molecule has 1 N–H and O–H groups in total. The van der Waals surface area contributed by atoms with Crippen molar-refractivity contribution in [1.82, 2.24) is 9.80 Å². The highest BCUT2D eigenvalue weighted by molar-refractivity contribution is 5.58. The molecule has 0 aromatic heterocycles. The third-order valence-electron chi connectivity index (χ3n) is 7.57. The summed E-state index contributed by atoms with van der Waals surface area (Å²) >= 11 is 0. The summed E-state index contributed by atoms with van der Waals surface area (Å²) in [6.07, 6.45) is 4.19. The van der Waals surface area contributed by atoms with Gasteiger partial charge in [-0.3, -0.25) is 0 Å². The number of benzene rings is 2. The van der Waals surface area contributed by atoms with Crippen LogP contribution in [-0.4, -0.2) is 59.8 Å². The normalized spacial score (nSPS) is 22.2. The van der Waals surface area contributed by atoms with Crippen LogP contribution in [0.2, 0.25) is 0 Å². The van der Waals surface area contributed by atoms with Crippen molar-refractivity contribution in [3.63, 3.8) is 0 Å². The molecule has 0 spiro atoms. The van der Waals surface area contributed by atoms with Gasteiger partial charge in [0, 0.05) is 44.8 Å². The molecular weight excluding hydrogens is 384 g/mol. The van der Waals surface area contributed by atoms with Crippen LogP contribution in [0.4, 0.5) is 0 Å². The standard InChI is InChI=1S/C27H38N2O2/c1-20-21(2)26-24(22(3)25(20)30)10-12-27(4,31-26)13-15-29-18-16-28(17-19-29)14-11-23-8-6-5-7-9-23/h5-9,30H,10-19H2,1-4H3. The van der Waals surface area contributed by atoms with E-state index in [4.69, 9.17) is 4.74 Å². The zero-order valence-corrected chi connectivity index (χ0v) is 19.7. The molecule has 2 aromatic rings. The Morgan fingerprint density at radius 2 is 1.55 bits per heavy atom. The number of aromatic hydroxyl groups is 1. The van der Waals surface area contributed by atoms with Gasteiger partial charge in [0.25, 0.3) is 0 Å². The van der Waals surface area contributed by atoms with Crippen LogP contribution in [0.15, 0.2) is 30.3 Å². The molecule has 2 heterocycles.